The first-order valence-corrected chi connectivity index (χ1v) is 9.04. The fourth-order valence-corrected chi connectivity index (χ4v) is 3.57. The smallest absolute Gasteiger partial charge is 0.272 e. The summed E-state index contributed by atoms with van der Waals surface area (Å²) in [5, 5.41) is 16.0. The number of nitrogens with zero attached hydrogens (tertiary/aromatic N) is 3. The number of aromatic nitrogens is 2. The van der Waals surface area contributed by atoms with Crippen LogP contribution in [0.4, 0.5) is 0 Å². The van der Waals surface area contributed by atoms with E-state index >= 15 is 0 Å². The second kappa shape index (κ2) is 7.51. The molecule has 8 heteroatoms. The van der Waals surface area contributed by atoms with E-state index < -0.39 is 12.3 Å². The van der Waals surface area contributed by atoms with E-state index in [0.717, 1.165) is 25.2 Å². The van der Waals surface area contributed by atoms with Gasteiger partial charge < -0.3 is 19.9 Å². The maximum atomic E-state index is 12.9. The average molecular weight is 402 g/mol. The van der Waals surface area contributed by atoms with Gasteiger partial charge in [-0.3, -0.25) is 10.1 Å². The standard InChI is InChI=1S/C16H28BrN5O2/c1-16(2,3)12(14(24)18-4)20-13(23)11-10-9-21(5)7-6-8-22(10)15(17)19-11/h12,14,18,24H,6-9H2,1-5H3,(H,20,23)/t12-,14?/m1/s1. The molecule has 2 atom stereocenters. The molecular weight excluding hydrogens is 374 g/mol. The molecule has 0 aliphatic carbocycles. The molecule has 3 N–H and O–H groups in total. The summed E-state index contributed by atoms with van der Waals surface area (Å²) >= 11 is 3.47. The monoisotopic (exact) mass is 401 g/mol. The number of rotatable bonds is 4. The molecule has 0 aromatic carbocycles. The van der Waals surface area contributed by atoms with Crippen molar-refractivity contribution in [2.75, 3.05) is 20.6 Å². The predicted molar refractivity (Wildman–Crippen MR) is 96.7 cm³/mol. The minimum Gasteiger partial charge on any atom is -0.376 e. The summed E-state index contributed by atoms with van der Waals surface area (Å²) in [5.41, 5.74) is 1.03. The number of likely N-dealkylation sites (N-methyl/N-ethyl adjacent to an activating group) is 1. The highest BCUT2D eigenvalue weighted by molar-refractivity contribution is 9.10. The molecule has 0 spiro atoms. The zero-order chi connectivity index (χ0) is 18.1. The number of amides is 1. The Labute approximate surface area is 151 Å². The van der Waals surface area contributed by atoms with Gasteiger partial charge in [0.2, 0.25) is 0 Å². The number of halogens is 1. The summed E-state index contributed by atoms with van der Waals surface area (Å²) in [5.74, 6) is -0.256. The van der Waals surface area contributed by atoms with Gasteiger partial charge in [-0.1, -0.05) is 20.8 Å². The number of hydrogen-bond donors (Lipinski definition) is 3. The van der Waals surface area contributed by atoms with Crippen LogP contribution in [0.3, 0.4) is 0 Å². The summed E-state index contributed by atoms with van der Waals surface area (Å²) in [6.07, 6.45) is 0.184. The number of carbonyl (C=O) groups excluding carboxylic acids is 1. The third-order valence-corrected chi connectivity index (χ3v) is 5.02. The molecule has 0 bridgehead atoms. The van der Waals surface area contributed by atoms with E-state index in [1.807, 2.05) is 27.8 Å². The number of fused-ring (bicyclic) bond motifs is 1. The number of nitrogens with one attached hydrogen (secondary N) is 2. The van der Waals surface area contributed by atoms with E-state index in [-0.39, 0.29) is 11.3 Å². The topological polar surface area (TPSA) is 82.4 Å². The van der Waals surface area contributed by atoms with E-state index in [0.29, 0.717) is 17.0 Å². The summed E-state index contributed by atoms with van der Waals surface area (Å²) in [6, 6.07) is -0.436. The van der Waals surface area contributed by atoms with Gasteiger partial charge in [0.1, 0.15) is 6.23 Å². The van der Waals surface area contributed by atoms with Crippen LogP contribution in [0, 0.1) is 5.41 Å². The molecule has 1 aliphatic heterocycles. The maximum absolute atomic E-state index is 12.9. The Balaban J connectivity index is 2.30. The SMILES string of the molecule is CNC(O)[C@@H](NC(=O)c1nc(Br)n2c1CN(C)CCC2)C(C)(C)C. The quantitative estimate of drug-likeness (QED) is 0.659. The third kappa shape index (κ3) is 4.17. The van der Waals surface area contributed by atoms with E-state index in [2.05, 4.69) is 41.0 Å². The summed E-state index contributed by atoms with van der Waals surface area (Å²) in [6.45, 7) is 8.44. The molecule has 2 heterocycles. The number of carbonyl (C=O) groups is 1. The molecule has 1 aromatic heterocycles. The summed E-state index contributed by atoms with van der Waals surface area (Å²) in [7, 11) is 3.71. The molecule has 1 amide bonds. The second-order valence-corrected chi connectivity index (χ2v) is 8.18. The van der Waals surface area contributed by atoms with Crippen molar-refractivity contribution in [2.45, 2.75) is 52.6 Å². The van der Waals surface area contributed by atoms with Crippen LogP contribution in [0.5, 0.6) is 0 Å². The van der Waals surface area contributed by atoms with Crippen LogP contribution in [-0.4, -0.2) is 58.4 Å². The van der Waals surface area contributed by atoms with Crippen LogP contribution in [0.25, 0.3) is 0 Å². The second-order valence-electron chi connectivity index (χ2n) is 7.47. The first-order valence-electron chi connectivity index (χ1n) is 8.24. The average Bonchev–Trinajstić information content (AvgIpc) is 2.68. The molecule has 24 heavy (non-hydrogen) atoms. The fourth-order valence-electron chi connectivity index (χ4n) is 3.00. The highest BCUT2D eigenvalue weighted by Crippen LogP contribution is 2.24. The minimum atomic E-state index is -0.832. The summed E-state index contributed by atoms with van der Waals surface area (Å²) in [4.78, 5) is 19.5. The van der Waals surface area contributed by atoms with Crippen molar-refractivity contribution < 1.29 is 9.90 Å². The Morgan fingerprint density at radius 1 is 1.38 bits per heavy atom. The van der Waals surface area contributed by atoms with Crippen LogP contribution >= 0.6 is 15.9 Å². The van der Waals surface area contributed by atoms with Gasteiger partial charge in [0.25, 0.3) is 5.91 Å². The van der Waals surface area contributed by atoms with Crippen molar-refractivity contribution in [1.29, 1.82) is 0 Å². The maximum Gasteiger partial charge on any atom is 0.272 e. The third-order valence-electron chi connectivity index (χ3n) is 4.41. The number of aliphatic hydroxyl groups is 1. The fraction of sp³-hybridized carbons (Fsp3) is 0.750. The van der Waals surface area contributed by atoms with E-state index in [9.17, 15) is 9.90 Å². The number of hydrogen-bond acceptors (Lipinski definition) is 5. The van der Waals surface area contributed by atoms with Gasteiger partial charge in [-0.05, 0) is 48.4 Å². The lowest BCUT2D eigenvalue weighted by atomic mass is 9.85. The van der Waals surface area contributed by atoms with E-state index in [4.69, 9.17) is 0 Å². The van der Waals surface area contributed by atoms with Crippen LogP contribution < -0.4 is 10.6 Å². The Bertz CT molecular complexity index is 596. The van der Waals surface area contributed by atoms with Gasteiger partial charge in [0, 0.05) is 13.1 Å². The van der Waals surface area contributed by atoms with Gasteiger partial charge >= 0.3 is 0 Å². The van der Waals surface area contributed by atoms with Crippen LogP contribution in [0.1, 0.15) is 43.4 Å². The largest absolute Gasteiger partial charge is 0.376 e. The van der Waals surface area contributed by atoms with Crippen molar-refractivity contribution in [3.05, 3.63) is 16.1 Å². The molecule has 0 radical (unpaired) electrons. The summed E-state index contributed by atoms with van der Waals surface area (Å²) < 4.78 is 2.73. The lowest BCUT2D eigenvalue weighted by Crippen LogP contribution is -2.55. The van der Waals surface area contributed by atoms with E-state index in [1.165, 1.54) is 0 Å². The molecule has 0 fully saturated rings. The van der Waals surface area contributed by atoms with Crippen molar-refractivity contribution >= 4 is 21.8 Å². The van der Waals surface area contributed by atoms with Gasteiger partial charge in [0.05, 0.1) is 11.7 Å². The zero-order valence-corrected chi connectivity index (χ0v) is 16.6. The zero-order valence-electron chi connectivity index (χ0n) is 15.1. The number of aliphatic hydroxyl groups excluding tert-OH is 1. The molecular formula is C16H28BrN5O2. The highest BCUT2D eigenvalue weighted by atomic mass is 79.9. The van der Waals surface area contributed by atoms with Crippen molar-refractivity contribution in [3.8, 4) is 0 Å². The van der Waals surface area contributed by atoms with Crippen LogP contribution in [0.15, 0.2) is 4.73 Å². The molecule has 0 saturated carbocycles. The highest BCUT2D eigenvalue weighted by Gasteiger charge is 2.34. The molecule has 1 unspecified atom stereocenters. The van der Waals surface area contributed by atoms with Crippen LogP contribution in [0.2, 0.25) is 0 Å². The molecule has 0 saturated heterocycles. The van der Waals surface area contributed by atoms with Gasteiger partial charge in [0.15, 0.2) is 10.4 Å². The predicted octanol–water partition coefficient (Wildman–Crippen LogP) is 1.16. The first kappa shape index (κ1) is 19.4. The van der Waals surface area contributed by atoms with Crippen molar-refractivity contribution in [1.82, 2.24) is 25.1 Å². The molecule has 7 nitrogen and oxygen atoms in total. The minimum absolute atomic E-state index is 0.256. The molecule has 1 aromatic rings. The normalized spacial score (nSPS) is 18.6. The first-order chi connectivity index (χ1) is 11.1. The lowest BCUT2D eigenvalue weighted by molar-refractivity contribution is 0.0446. The Hall–Kier alpha value is -0.960. The van der Waals surface area contributed by atoms with E-state index in [1.54, 1.807) is 7.05 Å². The van der Waals surface area contributed by atoms with Gasteiger partial charge in [-0.15, -0.1) is 0 Å². The molecule has 2 rings (SSSR count). The van der Waals surface area contributed by atoms with Gasteiger partial charge in [-0.2, -0.15) is 0 Å². The molecule has 136 valence electrons. The van der Waals surface area contributed by atoms with Crippen molar-refractivity contribution in [2.24, 2.45) is 5.41 Å². The Morgan fingerprint density at radius 2 is 2.04 bits per heavy atom. The molecule has 1 aliphatic rings. The van der Waals surface area contributed by atoms with Crippen LogP contribution in [-0.2, 0) is 13.1 Å². The Kier molecular flexibility index (Phi) is 6.06. The lowest BCUT2D eigenvalue weighted by Gasteiger charge is -2.34. The van der Waals surface area contributed by atoms with Crippen molar-refractivity contribution in [3.63, 3.8) is 0 Å². The Morgan fingerprint density at radius 3 is 2.62 bits per heavy atom. The van der Waals surface area contributed by atoms with Gasteiger partial charge in [-0.25, -0.2) is 4.98 Å². The number of imidazole rings is 1.